The lowest BCUT2D eigenvalue weighted by Gasteiger charge is -2.07. The molecule has 0 saturated carbocycles. The van der Waals surface area contributed by atoms with Crippen LogP contribution in [0.3, 0.4) is 0 Å². The summed E-state index contributed by atoms with van der Waals surface area (Å²) < 4.78 is 11.3. The van der Waals surface area contributed by atoms with Gasteiger partial charge >= 0.3 is 11.9 Å². The van der Waals surface area contributed by atoms with E-state index < -0.39 is 0 Å². The minimum absolute atomic E-state index is 0.0156. The lowest BCUT2D eigenvalue weighted by molar-refractivity contribution is -0.134. The van der Waals surface area contributed by atoms with Gasteiger partial charge in [-0.15, -0.1) is 0 Å². The van der Waals surface area contributed by atoms with Gasteiger partial charge in [0.15, 0.2) is 11.5 Å². The molecule has 0 saturated heterocycles. The first-order valence-corrected chi connectivity index (χ1v) is 13.3. The number of halogens is 6. The van der Waals surface area contributed by atoms with Crippen LogP contribution in [0.15, 0.2) is 41.6 Å². The summed E-state index contributed by atoms with van der Waals surface area (Å²) in [6.45, 7) is 4.04. The minimum atomic E-state index is -0.300. The lowest BCUT2D eigenvalue weighted by Crippen LogP contribution is -2.10. The number of ether oxygens (including phenoxy) is 2. The van der Waals surface area contributed by atoms with Crippen molar-refractivity contribution in [2.75, 3.05) is 0 Å². The standard InChI is InChI=1S/C11H13Br3O2.C7H5Br3O2/c1-2-3-4-5-8(12)7-6-9(10(13)14)16-11(7)15;1-3(8)4-2-5(6(9)10)12-7(4)11/h6,8H,2-5H2,1H3;2-3H,1H3. The topological polar surface area (TPSA) is 52.6 Å². The molecule has 2 heterocycles. The number of cyclic esters (lactones) is 2. The maximum absolute atomic E-state index is 11.6. The summed E-state index contributed by atoms with van der Waals surface area (Å²) in [6, 6.07) is 0. The third-order valence-electron chi connectivity index (χ3n) is 3.65. The highest BCUT2D eigenvalue weighted by molar-refractivity contribution is 9.28. The van der Waals surface area contributed by atoms with Crippen LogP contribution in [-0.4, -0.2) is 21.6 Å². The minimum Gasteiger partial charge on any atom is -0.421 e. The highest BCUT2D eigenvalue weighted by Crippen LogP contribution is 2.32. The van der Waals surface area contributed by atoms with Crippen LogP contribution in [0.2, 0.25) is 0 Å². The molecule has 0 bridgehead atoms. The number of esters is 2. The highest BCUT2D eigenvalue weighted by Gasteiger charge is 2.28. The molecule has 0 fully saturated rings. The number of carbonyl (C=O) groups is 2. The Labute approximate surface area is 215 Å². The van der Waals surface area contributed by atoms with Gasteiger partial charge in [-0.1, -0.05) is 58.0 Å². The zero-order valence-electron chi connectivity index (χ0n) is 15.0. The summed E-state index contributed by atoms with van der Waals surface area (Å²) in [5, 5.41) is 0. The fraction of sp³-hybridized carbons (Fsp3) is 0.444. The van der Waals surface area contributed by atoms with Gasteiger partial charge in [0.05, 0.1) is 11.1 Å². The van der Waals surface area contributed by atoms with Crippen LogP contribution in [0.5, 0.6) is 0 Å². The van der Waals surface area contributed by atoms with Crippen molar-refractivity contribution in [1.29, 1.82) is 0 Å². The average Bonchev–Trinajstić information content (AvgIpc) is 3.19. The van der Waals surface area contributed by atoms with Gasteiger partial charge in [-0.2, -0.15) is 0 Å². The van der Waals surface area contributed by atoms with Crippen LogP contribution >= 0.6 is 95.6 Å². The first-order valence-electron chi connectivity index (χ1n) is 8.34. The van der Waals surface area contributed by atoms with Gasteiger partial charge in [-0.05, 0) is 89.2 Å². The number of rotatable bonds is 6. The first kappa shape index (κ1) is 26.8. The zero-order valence-corrected chi connectivity index (χ0v) is 24.6. The Morgan fingerprint density at radius 1 is 0.893 bits per heavy atom. The summed E-state index contributed by atoms with van der Waals surface area (Å²) >= 11 is 19.6. The third kappa shape index (κ3) is 8.49. The normalized spacial score (nSPS) is 17.9. The van der Waals surface area contributed by atoms with Gasteiger partial charge in [0, 0.05) is 9.65 Å². The van der Waals surface area contributed by atoms with Gasteiger partial charge in [0.2, 0.25) is 0 Å². The number of hydrogen-bond donors (Lipinski definition) is 0. The zero-order chi connectivity index (χ0) is 21.4. The molecule has 0 spiro atoms. The van der Waals surface area contributed by atoms with Crippen LogP contribution in [-0.2, 0) is 19.1 Å². The average molecular weight is 778 g/mol. The lowest BCUT2D eigenvalue weighted by atomic mass is 10.1. The van der Waals surface area contributed by atoms with Crippen LogP contribution in [0.25, 0.3) is 0 Å². The summed E-state index contributed by atoms with van der Waals surface area (Å²) in [6.07, 6.45) is 7.91. The second-order valence-electron chi connectivity index (χ2n) is 5.81. The largest absolute Gasteiger partial charge is 0.421 e. The van der Waals surface area contributed by atoms with E-state index in [-0.39, 0.29) is 21.6 Å². The van der Waals surface area contributed by atoms with Gasteiger partial charge < -0.3 is 9.47 Å². The van der Waals surface area contributed by atoms with Crippen LogP contribution in [0, 0.1) is 0 Å². The smallest absolute Gasteiger partial charge is 0.340 e. The summed E-state index contributed by atoms with van der Waals surface area (Å²) in [5.41, 5.74) is 1.32. The molecule has 156 valence electrons. The Morgan fingerprint density at radius 3 is 1.71 bits per heavy atom. The van der Waals surface area contributed by atoms with E-state index in [1.165, 1.54) is 12.8 Å². The van der Waals surface area contributed by atoms with Crippen LogP contribution in [0.1, 0.15) is 39.5 Å². The van der Waals surface area contributed by atoms with Gasteiger partial charge in [-0.25, -0.2) is 9.59 Å². The van der Waals surface area contributed by atoms with Crippen LogP contribution in [0.4, 0.5) is 0 Å². The van der Waals surface area contributed by atoms with E-state index in [2.05, 4.69) is 103 Å². The molecule has 4 nitrogen and oxygen atoms in total. The molecule has 10 heteroatoms. The van der Waals surface area contributed by atoms with Crippen LogP contribution < -0.4 is 0 Å². The maximum atomic E-state index is 11.6. The van der Waals surface area contributed by atoms with Crippen molar-refractivity contribution < 1.29 is 19.1 Å². The Bertz CT molecular complexity index is 728. The number of hydrogen-bond acceptors (Lipinski definition) is 4. The Kier molecular flexibility index (Phi) is 12.7. The molecule has 0 aromatic carbocycles. The predicted molar refractivity (Wildman–Crippen MR) is 133 cm³/mol. The van der Waals surface area contributed by atoms with E-state index in [0.29, 0.717) is 29.4 Å². The first-order chi connectivity index (χ1) is 13.1. The highest BCUT2D eigenvalue weighted by atomic mass is 79.9. The third-order valence-corrected chi connectivity index (χ3v) is 6.66. The molecule has 2 aliphatic rings. The molecular weight excluding hydrogens is 760 g/mol. The van der Waals surface area contributed by atoms with E-state index in [4.69, 9.17) is 9.47 Å². The molecule has 2 atom stereocenters. The molecule has 0 radical (unpaired) electrons. The van der Waals surface area contributed by atoms with Crippen molar-refractivity contribution in [3.8, 4) is 0 Å². The summed E-state index contributed by atoms with van der Waals surface area (Å²) in [7, 11) is 0. The molecule has 0 amide bonds. The predicted octanol–water partition coefficient (Wildman–Crippen LogP) is 7.98. The maximum Gasteiger partial charge on any atom is 0.340 e. The van der Waals surface area contributed by atoms with Gasteiger partial charge in [0.25, 0.3) is 0 Å². The van der Waals surface area contributed by atoms with E-state index in [9.17, 15) is 9.59 Å². The quantitative estimate of drug-likeness (QED) is 0.156. The molecule has 2 aliphatic heterocycles. The van der Waals surface area contributed by atoms with Crippen molar-refractivity contribution in [3.05, 3.63) is 41.6 Å². The molecule has 0 N–H and O–H groups in total. The van der Waals surface area contributed by atoms with Crippen molar-refractivity contribution in [2.45, 2.75) is 49.2 Å². The van der Waals surface area contributed by atoms with Crippen molar-refractivity contribution in [3.63, 3.8) is 0 Å². The van der Waals surface area contributed by atoms with E-state index >= 15 is 0 Å². The second kappa shape index (κ2) is 13.2. The van der Waals surface area contributed by atoms with E-state index in [1.807, 2.05) is 6.92 Å². The fourth-order valence-corrected chi connectivity index (χ4v) is 3.93. The molecule has 0 aromatic heterocycles. The molecule has 28 heavy (non-hydrogen) atoms. The Balaban J connectivity index is 0.000000292. The fourth-order valence-electron chi connectivity index (χ4n) is 2.19. The molecule has 2 rings (SSSR count). The summed E-state index contributed by atoms with van der Waals surface area (Å²) in [4.78, 5) is 22.8. The van der Waals surface area contributed by atoms with E-state index in [1.54, 1.807) is 12.2 Å². The number of unbranched alkanes of at least 4 members (excludes halogenated alkanes) is 2. The number of allylic oxidation sites excluding steroid dienone is 2. The number of carbonyl (C=O) groups excluding carboxylic acids is 2. The van der Waals surface area contributed by atoms with Gasteiger partial charge in [-0.3, -0.25) is 0 Å². The molecule has 0 aliphatic carbocycles. The number of alkyl halides is 2. The van der Waals surface area contributed by atoms with Crippen molar-refractivity contribution in [2.24, 2.45) is 0 Å². The SMILES string of the molecule is CC(Br)C1=CC(=C(Br)Br)OC1=O.CCCCCC(Br)C1=CC(=C(Br)Br)OC1=O. The monoisotopic (exact) mass is 772 g/mol. The van der Waals surface area contributed by atoms with Crippen molar-refractivity contribution in [1.82, 2.24) is 0 Å². The second-order valence-corrected chi connectivity index (χ2v) is 13.6. The Morgan fingerprint density at radius 2 is 1.36 bits per heavy atom. The molecule has 0 aromatic rings. The molecular formula is C18H18Br6O4. The Hall–Kier alpha value is 0.780. The summed E-state index contributed by atoms with van der Waals surface area (Å²) in [5.74, 6) is 0.497. The van der Waals surface area contributed by atoms with Gasteiger partial charge in [0.1, 0.15) is 6.78 Å². The van der Waals surface area contributed by atoms with E-state index in [0.717, 1.165) is 12.8 Å². The molecule has 2 unspecified atom stereocenters. The van der Waals surface area contributed by atoms with Crippen molar-refractivity contribution >= 4 is 108 Å².